The summed E-state index contributed by atoms with van der Waals surface area (Å²) in [6.45, 7) is -1.31. The van der Waals surface area contributed by atoms with Gasteiger partial charge >= 0.3 is 11.9 Å². The van der Waals surface area contributed by atoms with Crippen LogP contribution in [-0.4, -0.2) is 35.5 Å². The van der Waals surface area contributed by atoms with E-state index in [1.54, 1.807) is 0 Å². The summed E-state index contributed by atoms with van der Waals surface area (Å²) in [6, 6.07) is 1.24. The molecule has 0 aliphatic rings. The zero-order chi connectivity index (χ0) is 16.5. The summed E-state index contributed by atoms with van der Waals surface area (Å²) in [7, 11) is 2.81. The minimum absolute atomic E-state index is 0.0505. The average Bonchev–Trinajstić information content (AvgIpc) is 2.84. The molecule has 0 amide bonds. The predicted molar refractivity (Wildman–Crippen MR) is 70.4 cm³/mol. The molecule has 0 unspecified atom stereocenters. The van der Waals surface area contributed by atoms with Crippen LogP contribution in [0.2, 0.25) is 0 Å². The van der Waals surface area contributed by atoms with Crippen LogP contribution < -0.4 is 11.2 Å². The third-order valence-corrected chi connectivity index (χ3v) is 3.79. The van der Waals surface area contributed by atoms with Crippen molar-refractivity contribution in [2.45, 2.75) is 23.6 Å². The second-order valence-corrected chi connectivity index (χ2v) is 5.34. The topological polar surface area (TPSA) is 87.6 Å². The van der Waals surface area contributed by atoms with Crippen molar-refractivity contribution in [3.8, 4) is 0 Å². The summed E-state index contributed by atoms with van der Waals surface area (Å²) in [5.74, 6) is 0.0834. The Bertz CT molecular complexity index is 793. The molecule has 0 radical (unpaired) electrons. The van der Waals surface area contributed by atoms with Gasteiger partial charge in [-0.25, -0.2) is 9.48 Å². The fourth-order valence-electron chi connectivity index (χ4n) is 1.62. The molecule has 120 valence electrons. The molecule has 2 aromatic rings. The number of tetrazole rings is 1. The molecule has 0 saturated carbocycles. The van der Waals surface area contributed by atoms with Gasteiger partial charge in [0.15, 0.2) is 0 Å². The fraction of sp³-hybridized carbons (Fsp3) is 0.500. The van der Waals surface area contributed by atoms with Crippen LogP contribution in [0.25, 0.3) is 0 Å². The normalized spacial score (nSPS) is 11.9. The fourth-order valence-corrected chi connectivity index (χ4v) is 2.52. The molecule has 0 atom stereocenters. The van der Waals surface area contributed by atoms with E-state index in [1.807, 2.05) is 0 Å². The molecular formula is C10H11F3N6O2S. The first-order chi connectivity index (χ1) is 10.2. The summed E-state index contributed by atoms with van der Waals surface area (Å²) in [5.41, 5.74) is -0.647. The van der Waals surface area contributed by atoms with Gasteiger partial charge in [0.1, 0.15) is 6.54 Å². The number of hydrogen-bond donors (Lipinski definition) is 0. The molecule has 0 fully saturated rings. The molecule has 22 heavy (non-hydrogen) atoms. The smallest absolute Gasteiger partial charge is 0.300 e. The molecule has 8 nitrogen and oxygen atoms in total. The molecule has 2 heterocycles. The maximum absolute atomic E-state index is 12.4. The quantitative estimate of drug-likeness (QED) is 0.726. The summed E-state index contributed by atoms with van der Waals surface area (Å²) >= 11 is 0.904. The Morgan fingerprint density at radius 1 is 1.23 bits per heavy atom. The van der Waals surface area contributed by atoms with E-state index in [2.05, 4.69) is 15.5 Å². The van der Waals surface area contributed by atoms with Crippen LogP contribution in [0.4, 0.5) is 13.2 Å². The van der Waals surface area contributed by atoms with Crippen LogP contribution in [-0.2, 0) is 26.4 Å². The molecule has 0 aliphatic heterocycles. The molecule has 0 aromatic carbocycles. The third kappa shape index (κ3) is 3.55. The molecular weight excluding hydrogens is 325 g/mol. The number of hydrogen-bond acceptors (Lipinski definition) is 6. The van der Waals surface area contributed by atoms with Gasteiger partial charge in [-0.1, -0.05) is 11.8 Å². The van der Waals surface area contributed by atoms with Gasteiger partial charge in [0, 0.05) is 31.6 Å². The maximum atomic E-state index is 12.4. The Labute approximate surface area is 125 Å². The van der Waals surface area contributed by atoms with Crippen molar-refractivity contribution in [1.29, 1.82) is 0 Å². The van der Waals surface area contributed by atoms with Crippen LogP contribution >= 0.6 is 11.8 Å². The van der Waals surface area contributed by atoms with Crippen molar-refractivity contribution in [2.75, 3.05) is 0 Å². The predicted octanol–water partition coefficient (Wildman–Crippen LogP) is -0.0749. The Hall–Kier alpha value is -2.11. The standard InChI is InChI=1S/C10H11F3N6O2S/c1-17-6(3-7(20)18(2)9(17)21)4-22-8-14-15-16-19(8)5-10(11,12)13/h3H,4-5H2,1-2H3. The average molecular weight is 336 g/mol. The van der Waals surface area contributed by atoms with Crippen LogP contribution in [0.3, 0.4) is 0 Å². The number of aromatic nitrogens is 6. The SMILES string of the molecule is Cn1c(CSc2nnnn2CC(F)(F)F)cc(=O)n(C)c1=O. The minimum atomic E-state index is -4.44. The Kier molecular flexibility index (Phi) is 4.39. The van der Waals surface area contributed by atoms with Crippen molar-refractivity contribution in [3.05, 3.63) is 32.6 Å². The summed E-state index contributed by atoms with van der Waals surface area (Å²) < 4.78 is 39.9. The molecule has 0 saturated heterocycles. The second kappa shape index (κ2) is 5.94. The number of halogens is 3. The van der Waals surface area contributed by atoms with Gasteiger partial charge in [0.05, 0.1) is 0 Å². The van der Waals surface area contributed by atoms with E-state index in [4.69, 9.17) is 0 Å². The largest absolute Gasteiger partial charge is 0.408 e. The highest BCUT2D eigenvalue weighted by atomic mass is 32.2. The molecule has 2 aromatic heterocycles. The molecule has 0 bridgehead atoms. The zero-order valence-corrected chi connectivity index (χ0v) is 12.3. The molecule has 2 rings (SSSR count). The van der Waals surface area contributed by atoms with Gasteiger partial charge < -0.3 is 0 Å². The van der Waals surface area contributed by atoms with Crippen LogP contribution in [0.15, 0.2) is 20.8 Å². The highest BCUT2D eigenvalue weighted by Crippen LogP contribution is 2.22. The number of nitrogens with zero attached hydrogens (tertiary/aromatic N) is 6. The zero-order valence-electron chi connectivity index (χ0n) is 11.5. The Morgan fingerprint density at radius 3 is 2.55 bits per heavy atom. The van der Waals surface area contributed by atoms with Crippen molar-refractivity contribution in [3.63, 3.8) is 0 Å². The summed E-state index contributed by atoms with van der Waals surface area (Å²) in [6.07, 6.45) is -4.44. The van der Waals surface area contributed by atoms with Gasteiger partial charge in [-0.05, 0) is 10.4 Å². The molecule has 0 N–H and O–H groups in total. The van der Waals surface area contributed by atoms with Crippen molar-refractivity contribution >= 4 is 11.8 Å². The first-order valence-corrected chi connectivity index (χ1v) is 6.89. The van der Waals surface area contributed by atoms with Crippen molar-refractivity contribution < 1.29 is 13.2 Å². The van der Waals surface area contributed by atoms with Crippen LogP contribution in [0.5, 0.6) is 0 Å². The third-order valence-electron chi connectivity index (χ3n) is 2.80. The summed E-state index contributed by atoms with van der Waals surface area (Å²) in [4.78, 5) is 23.3. The lowest BCUT2D eigenvalue weighted by Gasteiger charge is -2.10. The van der Waals surface area contributed by atoms with Crippen molar-refractivity contribution in [2.24, 2.45) is 14.1 Å². The van der Waals surface area contributed by atoms with Crippen LogP contribution in [0, 0.1) is 0 Å². The molecule has 0 spiro atoms. The van der Waals surface area contributed by atoms with E-state index in [1.165, 1.54) is 24.7 Å². The van der Waals surface area contributed by atoms with E-state index in [-0.39, 0.29) is 10.9 Å². The van der Waals surface area contributed by atoms with Crippen molar-refractivity contribution in [1.82, 2.24) is 29.3 Å². The monoisotopic (exact) mass is 336 g/mol. The molecule has 12 heteroatoms. The van der Waals surface area contributed by atoms with Gasteiger partial charge in [0.25, 0.3) is 5.56 Å². The lowest BCUT2D eigenvalue weighted by atomic mass is 10.4. The van der Waals surface area contributed by atoms with E-state index in [9.17, 15) is 22.8 Å². The first-order valence-electron chi connectivity index (χ1n) is 5.90. The van der Waals surface area contributed by atoms with Gasteiger partial charge in [-0.15, -0.1) is 5.10 Å². The van der Waals surface area contributed by atoms with Gasteiger partial charge in [-0.3, -0.25) is 13.9 Å². The van der Waals surface area contributed by atoms with E-state index >= 15 is 0 Å². The Balaban J connectivity index is 2.20. The first kappa shape index (κ1) is 16.3. The van der Waals surface area contributed by atoms with Crippen LogP contribution in [0.1, 0.15) is 5.69 Å². The number of rotatable bonds is 4. The van der Waals surface area contributed by atoms with E-state index in [0.717, 1.165) is 16.3 Å². The second-order valence-electron chi connectivity index (χ2n) is 4.40. The molecule has 0 aliphatic carbocycles. The van der Waals surface area contributed by atoms with Gasteiger partial charge in [0.2, 0.25) is 5.16 Å². The lowest BCUT2D eigenvalue weighted by Crippen LogP contribution is -2.37. The van der Waals surface area contributed by atoms with Gasteiger partial charge in [-0.2, -0.15) is 13.2 Å². The Morgan fingerprint density at radius 2 is 1.91 bits per heavy atom. The number of thioether (sulfide) groups is 1. The van der Waals surface area contributed by atoms with E-state index < -0.39 is 24.0 Å². The highest BCUT2D eigenvalue weighted by molar-refractivity contribution is 7.98. The van der Waals surface area contributed by atoms with E-state index in [0.29, 0.717) is 10.4 Å². The minimum Gasteiger partial charge on any atom is -0.300 e. The summed E-state index contributed by atoms with van der Waals surface area (Å²) in [5, 5.41) is 9.91. The number of alkyl halides is 3. The maximum Gasteiger partial charge on any atom is 0.408 e. The lowest BCUT2D eigenvalue weighted by molar-refractivity contribution is -0.144. The highest BCUT2D eigenvalue weighted by Gasteiger charge is 2.30.